The molecule has 0 amide bonds. The Hall–Kier alpha value is -0.540. The van der Waals surface area contributed by atoms with Crippen LogP contribution in [-0.2, 0) is 5.54 Å². The van der Waals surface area contributed by atoms with Gasteiger partial charge in [0.1, 0.15) is 0 Å². The first-order chi connectivity index (χ1) is 6.74. The molecule has 0 radical (unpaired) electrons. The van der Waals surface area contributed by atoms with E-state index in [2.05, 4.69) is 12.1 Å². The van der Waals surface area contributed by atoms with Crippen LogP contribution in [0.25, 0.3) is 0 Å². The number of nitrogens with two attached hydrogens (primary N) is 1. The highest BCUT2D eigenvalue weighted by atomic mass is 32.2. The van der Waals surface area contributed by atoms with Gasteiger partial charge in [0.2, 0.25) is 0 Å². The maximum atomic E-state index is 12.0. The van der Waals surface area contributed by atoms with Crippen LogP contribution >= 0.6 is 11.8 Å². The van der Waals surface area contributed by atoms with Crippen molar-refractivity contribution >= 4 is 11.8 Å². The van der Waals surface area contributed by atoms with E-state index in [1.807, 2.05) is 12.1 Å². The van der Waals surface area contributed by atoms with Crippen molar-refractivity contribution in [3.05, 3.63) is 29.8 Å². The lowest BCUT2D eigenvalue weighted by molar-refractivity contribution is 0.533. The lowest BCUT2D eigenvalue weighted by Crippen LogP contribution is -2.18. The minimum absolute atomic E-state index is 0.0771. The van der Waals surface area contributed by atoms with E-state index in [1.165, 1.54) is 5.56 Å². The Morgan fingerprint density at radius 1 is 1.43 bits per heavy atom. The van der Waals surface area contributed by atoms with E-state index in [-0.39, 0.29) is 12.2 Å². The normalized spacial score (nSPS) is 18.1. The molecule has 0 aromatic heterocycles. The molecule has 0 aliphatic heterocycles. The number of hydrogen-bond donors (Lipinski definition) is 1. The fourth-order valence-corrected chi connectivity index (χ4v) is 2.17. The summed E-state index contributed by atoms with van der Waals surface area (Å²) in [5, 5.41) is 0. The molecule has 1 aromatic rings. The van der Waals surface area contributed by atoms with Crippen molar-refractivity contribution in [3.63, 3.8) is 0 Å². The average Bonchev–Trinajstić information content (AvgIpc) is 2.95. The summed E-state index contributed by atoms with van der Waals surface area (Å²) in [6.45, 7) is -0.275. The van der Waals surface area contributed by atoms with Gasteiger partial charge in [0.15, 0.2) is 0 Å². The summed E-state index contributed by atoms with van der Waals surface area (Å²) >= 11 is 1.55. The topological polar surface area (TPSA) is 26.0 Å². The molecule has 14 heavy (non-hydrogen) atoms. The molecule has 1 aromatic carbocycles. The van der Waals surface area contributed by atoms with Gasteiger partial charge in [0, 0.05) is 16.2 Å². The zero-order valence-electron chi connectivity index (χ0n) is 8.00. The predicted octanol–water partition coefficient (Wildman–Crippen LogP) is 2.70. The van der Waals surface area contributed by atoms with Crippen molar-refractivity contribution in [2.45, 2.75) is 23.3 Å². The Bertz CT molecular complexity index is 323. The van der Waals surface area contributed by atoms with Crippen LogP contribution in [0.2, 0.25) is 0 Å². The molecule has 76 valence electrons. The second-order valence-electron chi connectivity index (χ2n) is 3.72. The number of halogens is 1. The molecule has 1 saturated carbocycles. The average molecular weight is 211 g/mol. The molecule has 1 aliphatic rings. The predicted molar refractivity (Wildman–Crippen MR) is 58.2 cm³/mol. The number of thioether (sulfide) groups is 1. The molecule has 1 aliphatic carbocycles. The molecule has 0 atom stereocenters. The lowest BCUT2D eigenvalue weighted by Gasteiger charge is -2.10. The summed E-state index contributed by atoms with van der Waals surface area (Å²) in [4.78, 5) is 1.12. The summed E-state index contributed by atoms with van der Waals surface area (Å²) in [7, 11) is 0. The third-order valence-corrected chi connectivity index (χ3v) is 3.49. The highest BCUT2D eigenvalue weighted by molar-refractivity contribution is 7.99. The maximum Gasteiger partial charge on any atom is 0.0988 e. The van der Waals surface area contributed by atoms with Crippen LogP contribution in [-0.4, -0.2) is 12.4 Å². The van der Waals surface area contributed by atoms with Gasteiger partial charge in [-0.25, -0.2) is 0 Å². The van der Waals surface area contributed by atoms with Gasteiger partial charge in [0.05, 0.1) is 6.67 Å². The van der Waals surface area contributed by atoms with Gasteiger partial charge >= 0.3 is 0 Å². The first-order valence-electron chi connectivity index (χ1n) is 4.83. The Morgan fingerprint density at radius 2 is 2.21 bits per heavy atom. The number of benzene rings is 1. The molecule has 0 heterocycles. The van der Waals surface area contributed by atoms with E-state index in [4.69, 9.17) is 5.73 Å². The van der Waals surface area contributed by atoms with E-state index in [0.29, 0.717) is 5.75 Å². The minimum Gasteiger partial charge on any atom is -0.321 e. The molecule has 3 heteroatoms. The van der Waals surface area contributed by atoms with E-state index < -0.39 is 0 Å². The van der Waals surface area contributed by atoms with Crippen molar-refractivity contribution in [3.8, 4) is 0 Å². The minimum atomic E-state index is -0.275. The van der Waals surface area contributed by atoms with Gasteiger partial charge in [-0.05, 0) is 30.5 Å². The van der Waals surface area contributed by atoms with E-state index >= 15 is 0 Å². The lowest BCUT2D eigenvalue weighted by atomic mass is 10.1. The third-order valence-electron chi connectivity index (χ3n) is 2.54. The van der Waals surface area contributed by atoms with Gasteiger partial charge in [-0.3, -0.25) is 4.39 Å². The molecule has 0 spiro atoms. The Morgan fingerprint density at radius 3 is 2.86 bits per heavy atom. The molecule has 0 unspecified atom stereocenters. The summed E-state index contributed by atoms with van der Waals surface area (Å²) in [6.07, 6.45) is 2.15. The first-order valence-corrected chi connectivity index (χ1v) is 5.81. The Balaban J connectivity index is 2.11. The van der Waals surface area contributed by atoms with Gasteiger partial charge in [-0.15, -0.1) is 11.8 Å². The number of rotatable bonds is 4. The van der Waals surface area contributed by atoms with Crippen molar-refractivity contribution < 1.29 is 4.39 Å². The van der Waals surface area contributed by atoms with E-state index in [0.717, 1.165) is 17.7 Å². The second-order valence-corrected chi connectivity index (χ2v) is 4.89. The largest absolute Gasteiger partial charge is 0.321 e. The number of alkyl halides is 1. The van der Waals surface area contributed by atoms with Gasteiger partial charge in [0.25, 0.3) is 0 Å². The maximum absolute atomic E-state index is 12.0. The quantitative estimate of drug-likeness (QED) is 0.775. The van der Waals surface area contributed by atoms with Crippen LogP contribution in [0.4, 0.5) is 4.39 Å². The summed E-state index contributed by atoms with van der Waals surface area (Å²) in [6, 6.07) is 8.16. The molecule has 2 N–H and O–H groups in total. The van der Waals surface area contributed by atoms with Crippen LogP contribution < -0.4 is 5.73 Å². The SMILES string of the molecule is NC1(c2cccc(SCCF)c2)CC1. The summed E-state index contributed by atoms with van der Waals surface area (Å²) in [5.41, 5.74) is 7.20. The molecule has 1 nitrogen and oxygen atoms in total. The standard InChI is InChI=1S/C11H14FNS/c12-6-7-14-10-3-1-2-9(8-10)11(13)4-5-11/h1-3,8H,4-7,13H2. The fourth-order valence-electron chi connectivity index (χ4n) is 1.48. The highest BCUT2D eigenvalue weighted by Gasteiger charge is 2.39. The molecule has 0 saturated heterocycles. The van der Waals surface area contributed by atoms with Gasteiger partial charge < -0.3 is 5.73 Å². The van der Waals surface area contributed by atoms with Gasteiger partial charge in [-0.1, -0.05) is 12.1 Å². The first kappa shape index (κ1) is 9.99. The molecule has 0 bridgehead atoms. The van der Waals surface area contributed by atoms with Crippen molar-refractivity contribution in [1.29, 1.82) is 0 Å². The van der Waals surface area contributed by atoms with Gasteiger partial charge in [-0.2, -0.15) is 0 Å². The zero-order valence-corrected chi connectivity index (χ0v) is 8.82. The van der Waals surface area contributed by atoms with Crippen LogP contribution in [0.15, 0.2) is 29.2 Å². The van der Waals surface area contributed by atoms with E-state index in [9.17, 15) is 4.39 Å². The fraction of sp³-hybridized carbons (Fsp3) is 0.455. The Kier molecular flexibility index (Phi) is 2.79. The van der Waals surface area contributed by atoms with Crippen molar-refractivity contribution in [2.75, 3.05) is 12.4 Å². The van der Waals surface area contributed by atoms with Crippen molar-refractivity contribution in [1.82, 2.24) is 0 Å². The number of hydrogen-bond acceptors (Lipinski definition) is 2. The van der Waals surface area contributed by atoms with Crippen LogP contribution in [0.1, 0.15) is 18.4 Å². The smallest absolute Gasteiger partial charge is 0.0988 e. The summed E-state index contributed by atoms with van der Waals surface area (Å²) in [5.74, 6) is 0.529. The molecular weight excluding hydrogens is 197 g/mol. The highest BCUT2D eigenvalue weighted by Crippen LogP contribution is 2.43. The van der Waals surface area contributed by atoms with Crippen molar-refractivity contribution in [2.24, 2.45) is 5.73 Å². The third kappa shape index (κ3) is 2.10. The monoisotopic (exact) mass is 211 g/mol. The van der Waals surface area contributed by atoms with Crippen LogP contribution in [0.3, 0.4) is 0 Å². The zero-order chi connectivity index (χ0) is 10.0. The molecule has 1 fully saturated rings. The van der Waals surface area contributed by atoms with Crippen LogP contribution in [0.5, 0.6) is 0 Å². The van der Waals surface area contributed by atoms with E-state index in [1.54, 1.807) is 11.8 Å². The summed E-state index contributed by atoms with van der Waals surface area (Å²) < 4.78 is 12.0. The Labute approximate surface area is 87.9 Å². The second kappa shape index (κ2) is 3.91. The molecular formula is C11H14FNS. The van der Waals surface area contributed by atoms with Crippen LogP contribution in [0, 0.1) is 0 Å². The molecule has 2 rings (SSSR count).